The first-order valence-electron chi connectivity index (χ1n) is 6.40. The number of hydrogen-bond acceptors (Lipinski definition) is 3. The molecular weight excluding hydrogens is 288 g/mol. The summed E-state index contributed by atoms with van der Waals surface area (Å²) in [5, 5.41) is 14.4. The maximum Gasteiger partial charge on any atom is 0.336 e. The third-order valence-electron chi connectivity index (χ3n) is 2.95. The maximum absolute atomic E-state index is 11.8. The standard InChI is InChI=1S/C15H16N2O3S/c1-9-3-5-11(7-13(9)14(18)19)17-15(20)16-8-12-6-4-10(2)21-12/h3-7H,8H2,1-2H3,(H,18,19)(H2,16,17,20). The first-order valence-corrected chi connectivity index (χ1v) is 7.21. The summed E-state index contributed by atoms with van der Waals surface area (Å²) in [6.07, 6.45) is 0. The van der Waals surface area contributed by atoms with Crippen LogP contribution in [0.25, 0.3) is 0 Å². The van der Waals surface area contributed by atoms with Gasteiger partial charge in [-0.3, -0.25) is 0 Å². The molecule has 0 bridgehead atoms. The van der Waals surface area contributed by atoms with Crippen LogP contribution in [0.1, 0.15) is 25.7 Å². The monoisotopic (exact) mass is 304 g/mol. The van der Waals surface area contributed by atoms with Gasteiger partial charge in [0.05, 0.1) is 12.1 Å². The Morgan fingerprint density at radius 1 is 1.19 bits per heavy atom. The lowest BCUT2D eigenvalue weighted by atomic mass is 10.1. The number of carboxylic acids is 1. The Morgan fingerprint density at radius 3 is 2.57 bits per heavy atom. The van der Waals surface area contributed by atoms with Gasteiger partial charge in [0, 0.05) is 15.4 Å². The molecule has 1 heterocycles. The minimum atomic E-state index is -1.01. The van der Waals surface area contributed by atoms with Crippen LogP contribution in [0.3, 0.4) is 0 Å². The molecule has 0 radical (unpaired) electrons. The molecule has 0 aliphatic carbocycles. The number of urea groups is 1. The number of amides is 2. The van der Waals surface area contributed by atoms with Gasteiger partial charge in [-0.05, 0) is 43.7 Å². The second kappa shape index (κ2) is 6.41. The van der Waals surface area contributed by atoms with Crippen molar-refractivity contribution in [3.8, 4) is 0 Å². The molecule has 3 N–H and O–H groups in total. The molecule has 21 heavy (non-hydrogen) atoms. The van der Waals surface area contributed by atoms with E-state index in [2.05, 4.69) is 10.6 Å². The molecule has 0 atom stereocenters. The molecular formula is C15H16N2O3S. The molecule has 2 aromatic rings. The average Bonchev–Trinajstić information content (AvgIpc) is 2.84. The van der Waals surface area contributed by atoms with Gasteiger partial charge in [-0.15, -0.1) is 11.3 Å². The predicted molar refractivity (Wildman–Crippen MR) is 83.1 cm³/mol. The minimum absolute atomic E-state index is 0.182. The van der Waals surface area contributed by atoms with E-state index in [1.807, 2.05) is 19.1 Å². The van der Waals surface area contributed by atoms with Crippen LogP contribution in [0.15, 0.2) is 30.3 Å². The highest BCUT2D eigenvalue weighted by molar-refractivity contribution is 7.11. The fraction of sp³-hybridized carbons (Fsp3) is 0.200. The summed E-state index contributed by atoms with van der Waals surface area (Å²) in [7, 11) is 0. The Labute approximate surface area is 126 Å². The van der Waals surface area contributed by atoms with Crippen molar-refractivity contribution in [1.82, 2.24) is 5.32 Å². The van der Waals surface area contributed by atoms with Crippen LogP contribution in [0.2, 0.25) is 0 Å². The van der Waals surface area contributed by atoms with E-state index in [0.717, 1.165) is 4.88 Å². The average molecular weight is 304 g/mol. The van der Waals surface area contributed by atoms with Crippen molar-refractivity contribution < 1.29 is 14.7 Å². The molecule has 0 spiro atoms. The first kappa shape index (κ1) is 15.1. The highest BCUT2D eigenvalue weighted by atomic mass is 32.1. The van der Waals surface area contributed by atoms with Gasteiger partial charge >= 0.3 is 12.0 Å². The molecule has 1 aromatic carbocycles. The SMILES string of the molecule is Cc1ccc(CNC(=O)Nc2ccc(C)c(C(=O)O)c2)s1. The van der Waals surface area contributed by atoms with E-state index in [-0.39, 0.29) is 11.6 Å². The lowest BCUT2D eigenvalue weighted by Crippen LogP contribution is -2.27. The molecule has 0 aliphatic rings. The molecule has 0 saturated heterocycles. The lowest BCUT2D eigenvalue weighted by Gasteiger charge is -2.08. The topological polar surface area (TPSA) is 78.4 Å². The zero-order chi connectivity index (χ0) is 15.4. The van der Waals surface area contributed by atoms with Crippen LogP contribution < -0.4 is 10.6 Å². The molecule has 2 rings (SSSR count). The zero-order valence-corrected chi connectivity index (χ0v) is 12.6. The predicted octanol–water partition coefficient (Wildman–Crippen LogP) is 3.38. The molecule has 1 aromatic heterocycles. The summed E-state index contributed by atoms with van der Waals surface area (Å²) >= 11 is 1.62. The molecule has 6 heteroatoms. The Kier molecular flexibility index (Phi) is 4.59. The van der Waals surface area contributed by atoms with E-state index in [4.69, 9.17) is 5.11 Å². The highest BCUT2D eigenvalue weighted by Gasteiger charge is 2.09. The van der Waals surface area contributed by atoms with Crippen molar-refractivity contribution >= 4 is 29.0 Å². The number of carboxylic acid groups (broad SMARTS) is 1. The quantitative estimate of drug-likeness (QED) is 0.810. The molecule has 2 amide bonds. The Morgan fingerprint density at radius 2 is 1.95 bits per heavy atom. The number of thiophene rings is 1. The summed E-state index contributed by atoms with van der Waals surface area (Å²) in [4.78, 5) is 25.1. The van der Waals surface area contributed by atoms with Crippen molar-refractivity contribution in [2.45, 2.75) is 20.4 Å². The molecule has 0 fully saturated rings. The Hall–Kier alpha value is -2.34. The Bertz CT molecular complexity index is 679. The molecule has 110 valence electrons. The lowest BCUT2D eigenvalue weighted by molar-refractivity contribution is 0.0696. The second-order valence-corrected chi connectivity index (χ2v) is 6.03. The first-order chi connectivity index (χ1) is 9.95. The molecule has 0 aliphatic heterocycles. The van der Waals surface area contributed by atoms with Gasteiger partial charge in [0.1, 0.15) is 0 Å². The van der Waals surface area contributed by atoms with Crippen LogP contribution >= 0.6 is 11.3 Å². The molecule has 0 saturated carbocycles. The van der Waals surface area contributed by atoms with Gasteiger partial charge in [0.2, 0.25) is 0 Å². The van der Waals surface area contributed by atoms with Crippen LogP contribution in [0.5, 0.6) is 0 Å². The van der Waals surface area contributed by atoms with Crippen molar-refractivity contribution in [3.05, 3.63) is 51.2 Å². The van der Waals surface area contributed by atoms with Crippen molar-refractivity contribution in [2.24, 2.45) is 0 Å². The molecule has 5 nitrogen and oxygen atoms in total. The summed E-state index contributed by atoms with van der Waals surface area (Å²) < 4.78 is 0. The third-order valence-corrected chi connectivity index (χ3v) is 3.95. The fourth-order valence-electron chi connectivity index (χ4n) is 1.85. The zero-order valence-electron chi connectivity index (χ0n) is 11.8. The second-order valence-electron chi connectivity index (χ2n) is 4.65. The smallest absolute Gasteiger partial charge is 0.336 e. The number of hydrogen-bond donors (Lipinski definition) is 3. The number of aryl methyl sites for hydroxylation is 2. The highest BCUT2D eigenvalue weighted by Crippen LogP contribution is 2.16. The number of rotatable bonds is 4. The summed E-state index contributed by atoms with van der Waals surface area (Å²) in [6.45, 7) is 4.17. The maximum atomic E-state index is 11.8. The van der Waals surface area contributed by atoms with Gasteiger partial charge in [0.15, 0.2) is 0 Å². The van der Waals surface area contributed by atoms with Crippen molar-refractivity contribution in [1.29, 1.82) is 0 Å². The van der Waals surface area contributed by atoms with Gasteiger partial charge in [-0.2, -0.15) is 0 Å². The summed E-state index contributed by atoms with van der Waals surface area (Å²) in [5.41, 5.74) is 1.29. The van der Waals surface area contributed by atoms with E-state index in [0.29, 0.717) is 17.8 Å². The van der Waals surface area contributed by atoms with Gasteiger partial charge in [-0.25, -0.2) is 9.59 Å². The number of benzene rings is 1. The number of carbonyl (C=O) groups excluding carboxylic acids is 1. The van der Waals surface area contributed by atoms with Gasteiger partial charge in [-0.1, -0.05) is 6.07 Å². The normalized spacial score (nSPS) is 10.2. The fourth-order valence-corrected chi connectivity index (χ4v) is 2.68. The largest absolute Gasteiger partial charge is 0.478 e. The summed E-state index contributed by atoms with van der Waals surface area (Å²) in [5.74, 6) is -1.01. The van der Waals surface area contributed by atoms with Crippen LogP contribution in [0, 0.1) is 13.8 Å². The van der Waals surface area contributed by atoms with E-state index in [9.17, 15) is 9.59 Å². The van der Waals surface area contributed by atoms with Gasteiger partial charge < -0.3 is 15.7 Å². The Balaban J connectivity index is 1.96. The van der Waals surface area contributed by atoms with E-state index in [1.165, 1.54) is 10.9 Å². The van der Waals surface area contributed by atoms with E-state index < -0.39 is 5.97 Å². The molecule has 0 unspecified atom stereocenters. The number of carbonyl (C=O) groups is 2. The number of nitrogens with one attached hydrogen (secondary N) is 2. The number of aromatic carboxylic acids is 1. The summed E-state index contributed by atoms with van der Waals surface area (Å²) in [6, 6.07) is 8.40. The van der Waals surface area contributed by atoms with Crippen LogP contribution in [0.4, 0.5) is 10.5 Å². The van der Waals surface area contributed by atoms with E-state index in [1.54, 1.807) is 30.4 Å². The van der Waals surface area contributed by atoms with Crippen molar-refractivity contribution in [3.63, 3.8) is 0 Å². The number of anilines is 1. The van der Waals surface area contributed by atoms with Crippen molar-refractivity contribution in [2.75, 3.05) is 5.32 Å². The van der Waals surface area contributed by atoms with Gasteiger partial charge in [0.25, 0.3) is 0 Å². The van der Waals surface area contributed by atoms with Crippen LogP contribution in [-0.4, -0.2) is 17.1 Å². The third kappa shape index (κ3) is 4.06. The minimum Gasteiger partial charge on any atom is -0.478 e. The van der Waals surface area contributed by atoms with Crippen LogP contribution in [-0.2, 0) is 6.54 Å². The van der Waals surface area contributed by atoms with E-state index >= 15 is 0 Å².